The van der Waals surface area contributed by atoms with Crippen molar-refractivity contribution in [1.29, 1.82) is 0 Å². The number of hydrogen-bond donors (Lipinski definition) is 2. The number of carbonyl (C=O) groups is 2. The second-order valence-electron chi connectivity index (χ2n) is 7.46. The van der Waals surface area contributed by atoms with Crippen LogP contribution >= 0.6 is 0 Å². The van der Waals surface area contributed by atoms with Crippen LogP contribution in [0, 0.1) is 0 Å². The van der Waals surface area contributed by atoms with E-state index in [2.05, 4.69) is 23.3 Å². The number of nitrogens with one attached hydrogen (secondary N) is 2. The molecule has 0 aliphatic carbocycles. The van der Waals surface area contributed by atoms with Crippen LogP contribution in [0.2, 0.25) is 0 Å². The Morgan fingerprint density at radius 2 is 1.90 bits per heavy atom. The molecule has 0 aliphatic rings. The molecule has 29 heavy (non-hydrogen) atoms. The smallest absolute Gasteiger partial charge is 0.242 e. The fraction of sp³-hybridized carbons (Fsp3) is 0.565. The van der Waals surface area contributed by atoms with Crippen molar-refractivity contribution in [2.24, 2.45) is 0 Å². The van der Waals surface area contributed by atoms with Gasteiger partial charge in [0.25, 0.3) is 0 Å². The SMILES string of the molecule is C=CCCC(C(=O)NC)N(C=O)c1cccc(CCCCCCNC)c1N(C)C. The van der Waals surface area contributed by atoms with E-state index in [1.165, 1.54) is 24.8 Å². The Labute approximate surface area is 176 Å². The second-order valence-corrected chi connectivity index (χ2v) is 7.46. The minimum Gasteiger partial charge on any atom is -0.376 e. The molecule has 1 atom stereocenters. The van der Waals surface area contributed by atoms with Gasteiger partial charge in [0, 0.05) is 21.1 Å². The first-order valence-electron chi connectivity index (χ1n) is 10.5. The zero-order valence-electron chi connectivity index (χ0n) is 18.5. The molecule has 2 amide bonds. The molecule has 0 radical (unpaired) electrons. The summed E-state index contributed by atoms with van der Waals surface area (Å²) in [6.07, 6.45) is 9.36. The van der Waals surface area contributed by atoms with Crippen LogP contribution in [0.4, 0.5) is 11.4 Å². The van der Waals surface area contributed by atoms with Crippen molar-refractivity contribution in [3.8, 4) is 0 Å². The van der Waals surface area contributed by atoms with Crippen LogP contribution in [0.3, 0.4) is 0 Å². The summed E-state index contributed by atoms with van der Waals surface area (Å²) in [7, 11) is 7.55. The normalized spacial score (nSPS) is 11.6. The predicted molar refractivity (Wildman–Crippen MR) is 123 cm³/mol. The van der Waals surface area contributed by atoms with Gasteiger partial charge < -0.3 is 20.4 Å². The Morgan fingerprint density at radius 1 is 1.17 bits per heavy atom. The van der Waals surface area contributed by atoms with Gasteiger partial charge in [-0.05, 0) is 57.3 Å². The van der Waals surface area contributed by atoms with Crippen LogP contribution in [-0.2, 0) is 16.0 Å². The molecular weight excluding hydrogens is 364 g/mol. The number of para-hydroxylation sites is 1. The van der Waals surface area contributed by atoms with Crippen molar-refractivity contribution in [1.82, 2.24) is 10.6 Å². The molecule has 0 saturated carbocycles. The number of aryl methyl sites for hydroxylation is 1. The highest BCUT2D eigenvalue weighted by Gasteiger charge is 2.27. The lowest BCUT2D eigenvalue weighted by Crippen LogP contribution is -2.46. The van der Waals surface area contributed by atoms with Gasteiger partial charge in [0.05, 0.1) is 11.4 Å². The number of anilines is 2. The van der Waals surface area contributed by atoms with Crippen molar-refractivity contribution in [2.75, 3.05) is 44.5 Å². The first-order chi connectivity index (χ1) is 14.0. The molecule has 1 unspecified atom stereocenters. The molecule has 0 heterocycles. The number of hydrogen-bond acceptors (Lipinski definition) is 4. The summed E-state index contributed by atoms with van der Waals surface area (Å²) in [6.45, 7) is 4.80. The monoisotopic (exact) mass is 402 g/mol. The molecule has 162 valence electrons. The fourth-order valence-corrected chi connectivity index (χ4v) is 3.61. The van der Waals surface area contributed by atoms with Gasteiger partial charge in [-0.1, -0.05) is 31.1 Å². The largest absolute Gasteiger partial charge is 0.376 e. The molecule has 0 bridgehead atoms. The number of rotatable bonds is 15. The first kappa shape index (κ1) is 24.7. The Balaban J connectivity index is 3.12. The van der Waals surface area contributed by atoms with Crippen LogP contribution in [-0.4, -0.2) is 53.1 Å². The summed E-state index contributed by atoms with van der Waals surface area (Å²) < 4.78 is 0. The maximum absolute atomic E-state index is 12.5. The van der Waals surface area contributed by atoms with Crippen molar-refractivity contribution < 1.29 is 9.59 Å². The number of nitrogens with zero attached hydrogens (tertiary/aromatic N) is 2. The van der Waals surface area contributed by atoms with Gasteiger partial charge in [-0.15, -0.1) is 6.58 Å². The van der Waals surface area contributed by atoms with Gasteiger partial charge in [-0.25, -0.2) is 0 Å². The third-order valence-electron chi connectivity index (χ3n) is 5.09. The van der Waals surface area contributed by atoms with Crippen molar-refractivity contribution >= 4 is 23.7 Å². The molecule has 1 aromatic rings. The zero-order valence-corrected chi connectivity index (χ0v) is 18.5. The number of likely N-dealkylation sites (N-methyl/N-ethyl adjacent to an activating group) is 1. The summed E-state index contributed by atoms with van der Waals surface area (Å²) in [5.41, 5.74) is 2.98. The Kier molecular flexibility index (Phi) is 11.7. The van der Waals surface area contributed by atoms with E-state index in [1.807, 2.05) is 38.2 Å². The minimum absolute atomic E-state index is 0.168. The van der Waals surface area contributed by atoms with Gasteiger partial charge in [-0.3, -0.25) is 9.59 Å². The molecule has 0 aliphatic heterocycles. The lowest BCUT2D eigenvalue weighted by Gasteiger charge is -2.31. The van der Waals surface area contributed by atoms with E-state index in [0.717, 1.165) is 37.2 Å². The number of allylic oxidation sites excluding steroid dienone is 1. The molecule has 2 N–H and O–H groups in total. The van der Waals surface area contributed by atoms with Gasteiger partial charge in [-0.2, -0.15) is 0 Å². The van der Waals surface area contributed by atoms with E-state index in [4.69, 9.17) is 0 Å². The van der Waals surface area contributed by atoms with Crippen LogP contribution in [0.1, 0.15) is 44.1 Å². The van der Waals surface area contributed by atoms with Crippen LogP contribution in [0.25, 0.3) is 0 Å². The Hall–Kier alpha value is -2.34. The second kappa shape index (κ2) is 13.8. The lowest BCUT2D eigenvalue weighted by atomic mass is 10.0. The zero-order chi connectivity index (χ0) is 21.6. The van der Waals surface area contributed by atoms with E-state index in [9.17, 15) is 9.59 Å². The molecule has 0 saturated heterocycles. The molecule has 0 fully saturated rings. The quantitative estimate of drug-likeness (QED) is 0.269. The average molecular weight is 403 g/mol. The van der Waals surface area contributed by atoms with E-state index in [0.29, 0.717) is 12.8 Å². The van der Waals surface area contributed by atoms with Crippen LogP contribution in [0.15, 0.2) is 30.9 Å². The van der Waals surface area contributed by atoms with Crippen molar-refractivity contribution in [2.45, 2.75) is 51.0 Å². The highest BCUT2D eigenvalue weighted by Crippen LogP contribution is 2.34. The summed E-state index contributed by atoms with van der Waals surface area (Å²) in [6, 6.07) is 5.45. The van der Waals surface area contributed by atoms with Crippen molar-refractivity contribution in [3.05, 3.63) is 36.4 Å². The van der Waals surface area contributed by atoms with E-state index in [-0.39, 0.29) is 5.91 Å². The van der Waals surface area contributed by atoms with E-state index in [1.54, 1.807) is 18.0 Å². The summed E-state index contributed by atoms with van der Waals surface area (Å²) >= 11 is 0. The topological polar surface area (TPSA) is 64.7 Å². The van der Waals surface area contributed by atoms with Gasteiger partial charge in [0.2, 0.25) is 12.3 Å². The average Bonchev–Trinajstić information content (AvgIpc) is 2.72. The van der Waals surface area contributed by atoms with E-state index < -0.39 is 6.04 Å². The van der Waals surface area contributed by atoms with Crippen LogP contribution < -0.4 is 20.4 Å². The molecule has 6 heteroatoms. The number of carbonyl (C=O) groups excluding carboxylic acids is 2. The molecule has 6 nitrogen and oxygen atoms in total. The lowest BCUT2D eigenvalue weighted by molar-refractivity contribution is -0.123. The van der Waals surface area contributed by atoms with Gasteiger partial charge in [0.15, 0.2) is 0 Å². The Morgan fingerprint density at radius 3 is 2.48 bits per heavy atom. The van der Waals surface area contributed by atoms with Gasteiger partial charge >= 0.3 is 0 Å². The third-order valence-corrected chi connectivity index (χ3v) is 5.09. The first-order valence-corrected chi connectivity index (χ1v) is 10.5. The van der Waals surface area contributed by atoms with Gasteiger partial charge in [0.1, 0.15) is 6.04 Å². The number of amides is 2. The Bertz CT molecular complexity index is 646. The highest BCUT2D eigenvalue weighted by molar-refractivity contribution is 5.95. The maximum atomic E-state index is 12.5. The summed E-state index contributed by atoms with van der Waals surface area (Å²) in [4.78, 5) is 28.2. The molecular formula is C23H38N4O2. The minimum atomic E-state index is -0.564. The molecule has 1 aromatic carbocycles. The number of unbranched alkanes of at least 4 members (excludes halogenated alkanes) is 3. The highest BCUT2D eigenvalue weighted by atomic mass is 16.2. The molecule has 1 rings (SSSR count). The fourth-order valence-electron chi connectivity index (χ4n) is 3.61. The summed E-state index contributed by atoms with van der Waals surface area (Å²) in [5, 5.41) is 5.87. The summed E-state index contributed by atoms with van der Waals surface area (Å²) in [5.74, 6) is -0.168. The predicted octanol–water partition coefficient (Wildman–Crippen LogP) is 3.12. The van der Waals surface area contributed by atoms with Crippen LogP contribution in [0.5, 0.6) is 0 Å². The maximum Gasteiger partial charge on any atom is 0.242 e. The third kappa shape index (κ3) is 7.54. The molecule has 0 aromatic heterocycles. The number of benzene rings is 1. The van der Waals surface area contributed by atoms with E-state index >= 15 is 0 Å². The van der Waals surface area contributed by atoms with Crippen molar-refractivity contribution in [3.63, 3.8) is 0 Å². The molecule has 0 spiro atoms. The standard InChI is InChI=1S/C23H38N4O2/c1-6-7-15-21(23(29)25-3)27(18-28)20-16-12-14-19(22(20)26(4)5)13-10-8-9-11-17-24-2/h6,12,14,16,18,21,24H,1,7-11,13,15,17H2,2-5H3,(H,25,29).